The van der Waals surface area contributed by atoms with Crippen molar-refractivity contribution in [1.29, 1.82) is 0 Å². The highest BCUT2D eigenvalue weighted by Gasteiger charge is 2.13. The van der Waals surface area contributed by atoms with E-state index in [4.69, 9.17) is 4.74 Å². The Bertz CT molecular complexity index is 1010. The third-order valence-corrected chi connectivity index (χ3v) is 5.24. The van der Waals surface area contributed by atoms with Crippen molar-refractivity contribution in [2.24, 2.45) is 0 Å². The number of aromatic nitrogens is 2. The van der Waals surface area contributed by atoms with Gasteiger partial charge in [-0.25, -0.2) is 4.79 Å². The minimum atomic E-state index is -0.289. The molecule has 0 aliphatic carbocycles. The Balaban J connectivity index is 1.40. The van der Waals surface area contributed by atoms with Crippen LogP contribution < -0.4 is 15.5 Å². The average molecular weight is 418 g/mol. The predicted molar refractivity (Wildman–Crippen MR) is 124 cm³/mol. The minimum absolute atomic E-state index is 0.289. The highest BCUT2D eigenvalue weighted by Crippen LogP contribution is 2.23. The molecule has 2 N–H and O–H groups in total. The second kappa shape index (κ2) is 9.57. The molecule has 7 nitrogen and oxygen atoms in total. The smallest absolute Gasteiger partial charge is 0.323 e. The molecule has 2 amide bonds. The second-order valence-corrected chi connectivity index (χ2v) is 7.81. The number of benzene rings is 2. The summed E-state index contributed by atoms with van der Waals surface area (Å²) in [5, 5.41) is 14.5. The molecule has 1 saturated heterocycles. The fourth-order valence-corrected chi connectivity index (χ4v) is 3.44. The van der Waals surface area contributed by atoms with Gasteiger partial charge < -0.3 is 20.3 Å². The van der Waals surface area contributed by atoms with Gasteiger partial charge in [-0.15, -0.1) is 10.2 Å². The molecule has 0 spiro atoms. The van der Waals surface area contributed by atoms with Crippen molar-refractivity contribution in [3.8, 4) is 11.3 Å². The van der Waals surface area contributed by atoms with Crippen LogP contribution >= 0.6 is 0 Å². The number of nitrogens with one attached hydrogen (secondary N) is 2. The maximum absolute atomic E-state index is 12.4. The van der Waals surface area contributed by atoms with Crippen LogP contribution in [0.15, 0.2) is 60.7 Å². The van der Waals surface area contributed by atoms with Gasteiger partial charge >= 0.3 is 6.03 Å². The Morgan fingerprint density at radius 2 is 1.68 bits per heavy atom. The number of rotatable bonds is 5. The molecular weight excluding hydrogens is 390 g/mol. The maximum atomic E-state index is 12.4. The molecule has 2 aromatic carbocycles. The quantitative estimate of drug-likeness (QED) is 0.626. The monoisotopic (exact) mass is 417 g/mol. The van der Waals surface area contributed by atoms with Crippen LogP contribution in [0.1, 0.15) is 25.3 Å². The van der Waals surface area contributed by atoms with Crippen molar-refractivity contribution in [3.63, 3.8) is 0 Å². The summed E-state index contributed by atoms with van der Waals surface area (Å²) in [5.41, 5.74) is 4.32. The van der Waals surface area contributed by atoms with Crippen molar-refractivity contribution in [2.45, 2.75) is 19.8 Å². The Labute approximate surface area is 182 Å². The van der Waals surface area contributed by atoms with Crippen molar-refractivity contribution in [3.05, 3.63) is 66.2 Å². The van der Waals surface area contributed by atoms with Crippen molar-refractivity contribution < 1.29 is 9.53 Å². The number of ether oxygens (including phenoxy) is 1. The summed E-state index contributed by atoms with van der Waals surface area (Å²) in [6.45, 7) is 7.35. The third kappa shape index (κ3) is 5.38. The lowest BCUT2D eigenvalue weighted by Gasteiger charge is -2.27. The molecule has 0 radical (unpaired) electrons. The standard InChI is InChI=1S/C24H27N5O2/c1-17(2)18-6-8-20(9-7-18)25-24(30)26-21-5-3-4-19(16-21)22-10-11-23(28-27-22)29-12-14-31-15-13-29/h3-11,16-17H,12-15H2,1-2H3,(H2,25,26,30). The van der Waals surface area contributed by atoms with E-state index in [2.05, 4.69) is 39.6 Å². The first-order valence-electron chi connectivity index (χ1n) is 10.5. The number of nitrogens with zero attached hydrogens (tertiary/aromatic N) is 3. The predicted octanol–water partition coefficient (Wildman–Crippen LogP) is 4.75. The van der Waals surface area contributed by atoms with Gasteiger partial charge in [0, 0.05) is 30.0 Å². The lowest BCUT2D eigenvalue weighted by Crippen LogP contribution is -2.36. The summed E-state index contributed by atoms with van der Waals surface area (Å²) >= 11 is 0. The highest BCUT2D eigenvalue weighted by molar-refractivity contribution is 6.00. The Kier molecular flexibility index (Phi) is 6.43. The first-order valence-corrected chi connectivity index (χ1v) is 10.5. The largest absolute Gasteiger partial charge is 0.378 e. The van der Waals surface area contributed by atoms with E-state index in [1.807, 2.05) is 60.7 Å². The SMILES string of the molecule is CC(C)c1ccc(NC(=O)Nc2cccc(-c3ccc(N4CCOCC4)nn3)c2)cc1. The van der Waals surface area contributed by atoms with Crippen LogP contribution in [0.5, 0.6) is 0 Å². The van der Waals surface area contributed by atoms with Gasteiger partial charge in [-0.2, -0.15) is 0 Å². The van der Waals surface area contributed by atoms with Gasteiger partial charge in [-0.1, -0.05) is 38.1 Å². The van der Waals surface area contributed by atoms with Crippen molar-refractivity contribution in [1.82, 2.24) is 10.2 Å². The van der Waals surface area contributed by atoms with Crippen LogP contribution in [0.4, 0.5) is 22.0 Å². The van der Waals surface area contributed by atoms with Crippen LogP contribution in [-0.2, 0) is 4.74 Å². The van der Waals surface area contributed by atoms with Gasteiger partial charge in [0.2, 0.25) is 0 Å². The molecule has 1 aliphatic rings. The van der Waals surface area contributed by atoms with Crippen LogP contribution in [0.25, 0.3) is 11.3 Å². The van der Waals surface area contributed by atoms with E-state index in [1.165, 1.54) is 5.56 Å². The average Bonchev–Trinajstić information content (AvgIpc) is 2.80. The van der Waals surface area contributed by atoms with Gasteiger partial charge in [0.15, 0.2) is 5.82 Å². The molecule has 7 heteroatoms. The minimum Gasteiger partial charge on any atom is -0.378 e. The fraction of sp³-hybridized carbons (Fsp3) is 0.292. The zero-order valence-corrected chi connectivity index (χ0v) is 17.8. The Hall–Kier alpha value is -3.45. The van der Waals surface area contributed by atoms with E-state index in [9.17, 15) is 4.79 Å². The number of hydrogen-bond acceptors (Lipinski definition) is 5. The molecule has 160 valence electrons. The molecular formula is C24H27N5O2. The highest BCUT2D eigenvalue weighted by atomic mass is 16.5. The molecule has 0 saturated carbocycles. The van der Waals surface area contributed by atoms with Gasteiger partial charge in [0.25, 0.3) is 0 Å². The molecule has 1 fully saturated rings. The summed E-state index contributed by atoms with van der Waals surface area (Å²) in [6.07, 6.45) is 0. The van der Waals surface area contributed by atoms with Gasteiger partial charge in [-0.05, 0) is 47.9 Å². The fourth-order valence-electron chi connectivity index (χ4n) is 3.44. The molecule has 31 heavy (non-hydrogen) atoms. The van der Waals surface area contributed by atoms with Crippen molar-refractivity contribution in [2.75, 3.05) is 41.8 Å². The normalized spacial score (nSPS) is 13.8. The molecule has 4 rings (SSSR count). The Morgan fingerprint density at radius 3 is 2.35 bits per heavy atom. The maximum Gasteiger partial charge on any atom is 0.323 e. The number of carbonyl (C=O) groups excluding carboxylic acids is 1. The number of morpholine rings is 1. The number of anilines is 3. The number of amides is 2. The molecule has 1 aliphatic heterocycles. The van der Waals surface area contributed by atoms with Gasteiger partial charge in [0.05, 0.1) is 18.9 Å². The molecule has 0 bridgehead atoms. The Morgan fingerprint density at radius 1 is 0.935 bits per heavy atom. The van der Waals surface area contributed by atoms with Crippen molar-refractivity contribution >= 4 is 23.2 Å². The zero-order valence-electron chi connectivity index (χ0n) is 17.8. The summed E-state index contributed by atoms with van der Waals surface area (Å²) in [4.78, 5) is 14.6. The number of urea groups is 1. The lowest BCUT2D eigenvalue weighted by molar-refractivity contribution is 0.122. The van der Waals surface area contributed by atoms with Gasteiger partial charge in [-0.3, -0.25) is 0 Å². The summed E-state index contributed by atoms with van der Waals surface area (Å²) in [7, 11) is 0. The zero-order chi connectivity index (χ0) is 21.6. The van der Waals surface area contributed by atoms with E-state index >= 15 is 0 Å². The molecule has 2 heterocycles. The molecule has 0 atom stereocenters. The summed E-state index contributed by atoms with van der Waals surface area (Å²) in [6, 6.07) is 19.1. The van der Waals surface area contributed by atoms with E-state index < -0.39 is 0 Å². The third-order valence-electron chi connectivity index (χ3n) is 5.24. The molecule has 3 aromatic rings. The van der Waals surface area contributed by atoms with Crippen LogP contribution in [0.3, 0.4) is 0 Å². The van der Waals surface area contributed by atoms with E-state index in [-0.39, 0.29) is 6.03 Å². The van der Waals surface area contributed by atoms with E-state index in [0.717, 1.165) is 35.9 Å². The summed E-state index contributed by atoms with van der Waals surface area (Å²) < 4.78 is 5.38. The second-order valence-electron chi connectivity index (χ2n) is 7.81. The number of hydrogen-bond donors (Lipinski definition) is 2. The van der Waals surface area contributed by atoms with E-state index in [0.29, 0.717) is 24.8 Å². The number of carbonyl (C=O) groups is 1. The topological polar surface area (TPSA) is 79.4 Å². The molecule has 0 unspecified atom stereocenters. The first kappa shape index (κ1) is 20.8. The lowest BCUT2D eigenvalue weighted by atomic mass is 10.0. The summed E-state index contributed by atoms with van der Waals surface area (Å²) in [5.74, 6) is 1.31. The first-order chi connectivity index (χ1) is 15.1. The van der Waals surface area contributed by atoms with Gasteiger partial charge in [0.1, 0.15) is 0 Å². The van der Waals surface area contributed by atoms with Crippen LogP contribution in [-0.4, -0.2) is 42.5 Å². The van der Waals surface area contributed by atoms with Crippen LogP contribution in [0, 0.1) is 0 Å². The van der Waals surface area contributed by atoms with E-state index in [1.54, 1.807) is 0 Å². The molecule has 1 aromatic heterocycles. The van der Waals surface area contributed by atoms with Crippen LogP contribution in [0.2, 0.25) is 0 Å².